The second kappa shape index (κ2) is 10.5. The van der Waals surface area contributed by atoms with Gasteiger partial charge in [0.2, 0.25) is 0 Å². The zero-order valence-electron chi connectivity index (χ0n) is 28.5. The third kappa shape index (κ3) is 3.73. The average molecular weight is 662 g/mol. The lowest BCUT2D eigenvalue weighted by atomic mass is 9.34. The minimum Gasteiger partial charge on any atom is -0.334 e. The molecule has 0 radical (unpaired) electrons. The number of hydrogen-bond donors (Lipinski definition) is 0. The molecule has 242 valence electrons. The predicted octanol–water partition coefficient (Wildman–Crippen LogP) is 9.62. The molecular weight excluding hydrogens is 629 g/mol. The van der Waals surface area contributed by atoms with Crippen LogP contribution >= 0.6 is 0 Å². The number of para-hydroxylation sites is 4. The van der Waals surface area contributed by atoms with Gasteiger partial charge in [-0.25, -0.2) is 0 Å². The molecule has 0 bridgehead atoms. The summed E-state index contributed by atoms with van der Waals surface area (Å²) in [5.74, 6) is 0.424. The van der Waals surface area contributed by atoms with Crippen molar-refractivity contribution in [2.45, 2.75) is 24.8 Å². The molecule has 7 aromatic carbocycles. The van der Waals surface area contributed by atoms with Crippen molar-refractivity contribution in [2.24, 2.45) is 0 Å². The highest BCUT2D eigenvalue weighted by Crippen LogP contribution is 2.51. The molecule has 2 unspecified atom stereocenters. The SMILES string of the molecule is c1cc2c3c(c#1)C1CCC=CC1N3c1cc(-c3ccc(N(c4ccccc4)c4ccccc4)cc3)cc3c1B2c1cccc2c4ccccc4n-3c12. The summed E-state index contributed by atoms with van der Waals surface area (Å²) < 4.78 is 2.56. The van der Waals surface area contributed by atoms with E-state index in [1.807, 2.05) is 0 Å². The first-order valence-electron chi connectivity index (χ1n) is 18.5. The number of fused-ring (bicyclic) bond motifs is 10. The predicted molar refractivity (Wildman–Crippen MR) is 217 cm³/mol. The van der Waals surface area contributed by atoms with Gasteiger partial charge in [0.1, 0.15) is 0 Å². The highest BCUT2D eigenvalue weighted by molar-refractivity contribution is 7.00. The Kier molecular flexibility index (Phi) is 5.73. The van der Waals surface area contributed by atoms with Crippen molar-refractivity contribution in [1.82, 2.24) is 4.57 Å². The lowest BCUT2D eigenvalue weighted by Crippen LogP contribution is -2.61. The number of aromatic nitrogens is 1. The molecule has 4 heteroatoms. The van der Waals surface area contributed by atoms with Gasteiger partial charge in [-0.05, 0) is 101 Å². The Bertz CT molecular complexity index is 2730. The minimum absolute atomic E-state index is 0.132. The molecule has 8 aromatic rings. The molecular formula is C48H32BN3. The molecule has 4 heterocycles. The second-order valence-electron chi connectivity index (χ2n) is 14.6. The third-order valence-corrected chi connectivity index (χ3v) is 12.0. The standard InChI is InChI=1S/C48H32BN3/c1-3-13-33(14-4-1)50(34-15-5-2-6-16-34)35-27-25-31(26-28-35)32-29-44-46-45(30-32)52-43-24-10-8-18-37(43)39-20-12-22-41(48(39)52)49(46)40-21-11-19-38-36-17-7-9-23-42(36)51(44)47(38)40/h1-7,9-11,13-17,19,21-30,37,43H,8,18H2. The van der Waals surface area contributed by atoms with Gasteiger partial charge < -0.3 is 14.4 Å². The van der Waals surface area contributed by atoms with Gasteiger partial charge in [-0.1, -0.05) is 109 Å². The first kappa shape index (κ1) is 28.3. The van der Waals surface area contributed by atoms with E-state index in [1.54, 1.807) is 0 Å². The summed E-state index contributed by atoms with van der Waals surface area (Å²) >= 11 is 0. The van der Waals surface area contributed by atoms with E-state index in [1.165, 1.54) is 71.9 Å². The Morgan fingerprint density at radius 2 is 1.37 bits per heavy atom. The maximum Gasteiger partial charge on any atom is 0.253 e. The zero-order chi connectivity index (χ0) is 33.9. The van der Waals surface area contributed by atoms with Gasteiger partial charge >= 0.3 is 0 Å². The zero-order valence-corrected chi connectivity index (χ0v) is 28.5. The average Bonchev–Trinajstić information content (AvgIpc) is 3.74. The smallest absolute Gasteiger partial charge is 0.253 e. The maximum absolute atomic E-state index is 3.64. The number of rotatable bonds is 4. The molecule has 3 aliphatic heterocycles. The molecule has 0 fully saturated rings. The first-order valence-corrected chi connectivity index (χ1v) is 18.5. The molecule has 12 rings (SSSR count). The van der Waals surface area contributed by atoms with Gasteiger partial charge in [0.15, 0.2) is 0 Å². The summed E-state index contributed by atoms with van der Waals surface area (Å²) in [5.41, 5.74) is 17.9. The Morgan fingerprint density at radius 3 is 2.17 bits per heavy atom. The van der Waals surface area contributed by atoms with Crippen LogP contribution in [0.1, 0.15) is 24.3 Å². The quantitative estimate of drug-likeness (QED) is 0.138. The van der Waals surface area contributed by atoms with Crippen LogP contribution in [0.2, 0.25) is 0 Å². The van der Waals surface area contributed by atoms with Crippen LogP contribution < -0.4 is 26.2 Å². The van der Waals surface area contributed by atoms with E-state index >= 15 is 0 Å². The number of anilines is 5. The van der Waals surface area contributed by atoms with Crippen LogP contribution in [0.15, 0.2) is 158 Å². The van der Waals surface area contributed by atoms with Gasteiger partial charge in [0, 0.05) is 61.9 Å². The van der Waals surface area contributed by atoms with E-state index < -0.39 is 0 Å². The summed E-state index contributed by atoms with van der Waals surface area (Å²) in [6, 6.07) is 60.9. The summed E-state index contributed by atoms with van der Waals surface area (Å²) in [6.07, 6.45) is 7.11. The van der Waals surface area contributed by atoms with Crippen molar-refractivity contribution in [3.63, 3.8) is 0 Å². The van der Waals surface area contributed by atoms with E-state index in [9.17, 15) is 0 Å². The number of nitrogens with zero attached hydrogens (tertiary/aromatic N) is 3. The van der Waals surface area contributed by atoms with E-state index in [0.717, 1.165) is 29.9 Å². The fourth-order valence-corrected chi connectivity index (χ4v) is 9.94. The van der Waals surface area contributed by atoms with Gasteiger partial charge in [0.05, 0.1) is 11.6 Å². The monoisotopic (exact) mass is 661 g/mol. The highest BCUT2D eigenvalue weighted by Gasteiger charge is 2.49. The molecule has 0 N–H and O–H groups in total. The van der Waals surface area contributed by atoms with Crippen molar-refractivity contribution in [3.05, 3.63) is 175 Å². The van der Waals surface area contributed by atoms with E-state index in [0.29, 0.717) is 5.92 Å². The summed E-state index contributed by atoms with van der Waals surface area (Å²) in [7, 11) is 0. The Morgan fingerprint density at radius 1 is 0.654 bits per heavy atom. The molecule has 0 saturated carbocycles. The van der Waals surface area contributed by atoms with Gasteiger partial charge in [0.25, 0.3) is 6.71 Å². The Balaban J connectivity index is 1.11. The maximum atomic E-state index is 3.64. The van der Waals surface area contributed by atoms with Crippen LogP contribution in [0.3, 0.4) is 0 Å². The number of benzene rings is 6. The van der Waals surface area contributed by atoms with Crippen molar-refractivity contribution in [1.29, 1.82) is 0 Å². The number of allylic oxidation sites excluding steroid dienone is 1. The summed E-state index contributed by atoms with van der Waals surface area (Å²) in [6.45, 7) is 0.132. The summed E-state index contributed by atoms with van der Waals surface area (Å²) in [4.78, 5) is 5.00. The third-order valence-electron chi connectivity index (χ3n) is 12.0. The van der Waals surface area contributed by atoms with Gasteiger partial charge in [-0.15, -0.1) is 0 Å². The second-order valence-corrected chi connectivity index (χ2v) is 14.6. The van der Waals surface area contributed by atoms with E-state index in [2.05, 4.69) is 184 Å². The number of hydrogen-bond acceptors (Lipinski definition) is 2. The molecule has 1 aliphatic carbocycles. The molecule has 1 aromatic heterocycles. The molecule has 0 saturated heterocycles. The normalized spacial score (nSPS) is 17.2. The van der Waals surface area contributed by atoms with E-state index in [-0.39, 0.29) is 12.8 Å². The van der Waals surface area contributed by atoms with Crippen molar-refractivity contribution in [3.8, 4) is 16.8 Å². The lowest BCUT2D eigenvalue weighted by molar-refractivity contribution is 0.573. The van der Waals surface area contributed by atoms with E-state index in [4.69, 9.17) is 0 Å². The molecule has 0 spiro atoms. The molecule has 2 atom stereocenters. The summed E-state index contributed by atoms with van der Waals surface area (Å²) in [5, 5.41) is 2.62. The Labute approximate surface area is 303 Å². The van der Waals surface area contributed by atoms with Gasteiger partial charge in [-0.3, -0.25) is 0 Å². The minimum atomic E-state index is 0.132. The van der Waals surface area contributed by atoms with Crippen LogP contribution in [0.4, 0.5) is 28.4 Å². The van der Waals surface area contributed by atoms with Crippen LogP contribution in [0.25, 0.3) is 38.6 Å². The van der Waals surface area contributed by atoms with Crippen LogP contribution in [0.5, 0.6) is 0 Å². The fraction of sp³-hybridized carbons (Fsp3) is 0.0833. The van der Waals surface area contributed by atoms with Crippen LogP contribution in [-0.2, 0) is 0 Å². The molecule has 52 heavy (non-hydrogen) atoms. The Hall–Kier alpha value is -6.44. The molecule has 3 nitrogen and oxygen atoms in total. The first-order chi connectivity index (χ1) is 25.8. The van der Waals surface area contributed by atoms with Gasteiger partial charge in [-0.2, -0.15) is 0 Å². The largest absolute Gasteiger partial charge is 0.334 e. The topological polar surface area (TPSA) is 11.4 Å². The lowest BCUT2D eigenvalue weighted by Gasteiger charge is -2.41. The fourth-order valence-electron chi connectivity index (χ4n) is 9.94. The van der Waals surface area contributed by atoms with Crippen molar-refractivity contribution < 1.29 is 0 Å². The highest BCUT2D eigenvalue weighted by atomic mass is 15.2. The van der Waals surface area contributed by atoms with Crippen molar-refractivity contribution in [2.75, 3.05) is 9.80 Å². The molecule has 4 aliphatic rings. The van der Waals surface area contributed by atoms with Crippen molar-refractivity contribution >= 4 is 73.3 Å². The van der Waals surface area contributed by atoms with Crippen LogP contribution in [-0.4, -0.2) is 17.3 Å². The van der Waals surface area contributed by atoms with Crippen LogP contribution in [0, 0.1) is 12.1 Å². The molecule has 0 amide bonds.